The fraction of sp³-hybridized carbons (Fsp3) is 0.263. The third kappa shape index (κ3) is 4.42. The van der Waals surface area contributed by atoms with Crippen LogP contribution in [0.3, 0.4) is 0 Å². The number of carbonyl (C=O) groups excluding carboxylic acids is 2. The molecule has 0 saturated heterocycles. The van der Waals surface area contributed by atoms with E-state index in [1.165, 1.54) is 24.3 Å². The van der Waals surface area contributed by atoms with Crippen LogP contribution in [0.5, 0.6) is 11.5 Å². The minimum absolute atomic E-state index is 0.110. The highest BCUT2D eigenvalue weighted by Crippen LogP contribution is 2.34. The van der Waals surface area contributed by atoms with Gasteiger partial charge >= 0.3 is 5.97 Å². The van der Waals surface area contributed by atoms with E-state index in [0.717, 1.165) is 11.8 Å². The number of hydrogen-bond donors (Lipinski definition) is 1. The molecule has 1 amide bonds. The summed E-state index contributed by atoms with van der Waals surface area (Å²) in [6, 6.07) is 10.6. The summed E-state index contributed by atoms with van der Waals surface area (Å²) in [5.74, 6) is -0.162. The lowest BCUT2D eigenvalue weighted by Gasteiger charge is -2.15. The molecule has 28 heavy (non-hydrogen) atoms. The minimum atomic E-state index is -3.60. The van der Waals surface area contributed by atoms with Gasteiger partial charge in [-0.05, 0) is 36.8 Å². The van der Waals surface area contributed by atoms with Crippen LogP contribution in [-0.2, 0) is 19.4 Å². The van der Waals surface area contributed by atoms with Crippen molar-refractivity contribution in [3.8, 4) is 11.5 Å². The Kier molecular flexibility index (Phi) is 5.55. The summed E-state index contributed by atoms with van der Waals surface area (Å²) in [5.41, 5.74) is 0.688. The summed E-state index contributed by atoms with van der Waals surface area (Å²) in [7, 11) is -3.60. The van der Waals surface area contributed by atoms with Crippen molar-refractivity contribution in [2.75, 3.05) is 19.7 Å². The molecule has 1 heterocycles. The highest BCUT2D eigenvalue weighted by atomic mass is 32.2. The van der Waals surface area contributed by atoms with Gasteiger partial charge in [0.25, 0.3) is 5.91 Å². The Hall–Kier alpha value is -3.07. The third-order valence-electron chi connectivity index (χ3n) is 4.11. The fourth-order valence-electron chi connectivity index (χ4n) is 2.72. The van der Waals surface area contributed by atoms with E-state index in [9.17, 15) is 18.0 Å². The summed E-state index contributed by atoms with van der Waals surface area (Å²) in [4.78, 5) is 24.2. The van der Waals surface area contributed by atoms with Gasteiger partial charge in [0.2, 0.25) is 6.79 Å². The van der Waals surface area contributed by atoms with Gasteiger partial charge in [-0.3, -0.25) is 4.79 Å². The second kappa shape index (κ2) is 7.89. The number of ether oxygens (including phenoxy) is 3. The number of sulfone groups is 1. The Morgan fingerprint density at radius 3 is 2.61 bits per heavy atom. The molecule has 1 aliphatic rings. The monoisotopic (exact) mass is 405 g/mol. The van der Waals surface area contributed by atoms with Crippen LogP contribution in [0.15, 0.2) is 47.4 Å². The molecular formula is C19H19NO7S. The minimum Gasteiger partial charge on any atom is -0.454 e. The SMILES string of the molecule is C[C@@H](NC(=O)COC(=O)c1ccccc1S(C)(=O)=O)c1ccc2c(c1)OCO2. The molecule has 2 aromatic rings. The van der Waals surface area contributed by atoms with Crippen molar-refractivity contribution >= 4 is 21.7 Å². The van der Waals surface area contributed by atoms with Gasteiger partial charge < -0.3 is 19.5 Å². The first kappa shape index (κ1) is 19.7. The highest BCUT2D eigenvalue weighted by molar-refractivity contribution is 7.90. The molecule has 1 aliphatic heterocycles. The van der Waals surface area contributed by atoms with Gasteiger partial charge in [0.1, 0.15) is 0 Å². The average Bonchev–Trinajstić information content (AvgIpc) is 3.13. The van der Waals surface area contributed by atoms with Crippen LogP contribution in [0.4, 0.5) is 0 Å². The summed E-state index contributed by atoms with van der Waals surface area (Å²) >= 11 is 0. The fourth-order valence-corrected chi connectivity index (χ4v) is 3.59. The van der Waals surface area contributed by atoms with Crippen molar-refractivity contribution < 1.29 is 32.2 Å². The van der Waals surface area contributed by atoms with Crippen LogP contribution in [0.25, 0.3) is 0 Å². The van der Waals surface area contributed by atoms with Crippen LogP contribution in [0, 0.1) is 0 Å². The van der Waals surface area contributed by atoms with Crippen LogP contribution in [-0.4, -0.2) is 39.9 Å². The Labute approximate surface area is 162 Å². The first-order valence-electron chi connectivity index (χ1n) is 8.41. The van der Waals surface area contributed by atoms with Crippen molar-refractivity contribution in [2.24, 2.45) is 0 Å². The zero-order valence-electron chi connectivity index (χ0n) is 15.3. The molecule has 0 radical (unpaired) electrons. The van der Waals surface area contributed by atoms with Gasteiger partial charge in [0.15, 0.2) is 27.9 Å². The van der Waals surface area contributed by atoms with E-state index in [0.29, 0.717) is 11.5 Å². The summed E-state index contributed by atoms with van der Waals surface area (Å²) in [6.07, 6.45) is 0.999. The van der Waals surface area contributed by atoms with Gasteiger partial charge in [-0.25, -0.2) is 13.2 Å². The normalized spacial score (nSPS) is 13.6. The maximum Gasteiger partial charge on any atom is 0.339 e. The van der Waals surface area contributed by atoms with E-state index in [1.54, 1.807) is 25.1 Å². The average molecular weight is 405 g/mol. The number of fused-ring (bicyclic) bond motifs is 1. The maximum absolute atomic E-state index is 12.2. The quantitative estimate of drug-likeness (QED) is 0.731. The van der Waals surface area contributed by atoms with E-state index in [2.05, 4.69) is 5.32 Å². The molecule has 2 aromatic carbocycles. The molecule has 9 heteroatoms. The molecule has 0 aliphatic carbocycles. The molecule has 0 saturated carbocycles. The predicted molar refractivity (Wildman–Crippen MR) is 99.0 cm³/mol. The predicted octanol–water partition coefficient (Wildman–Crippen LogP) is 1.85. The number of rotatable bonds is 6. The van der Waals surface area contributed by atoms with Crippen LogP contribution in [0.2, 0.25) is 0 Å². The van der Waals surface area contributed by atoms with Gasteiger partial charge in [-0.2, -0.15) is 0 Å². The highest BCUT2D eigenvalue weighted by Gasteiger charge is 2.21. The largest absolute Gasteiger partial charge is 0.454 e. The molecular weight excluding hydrogens is 386 g/mol. The first-order chi connectivity index (χ1) is 13.3. The van der Waals surface area contributed by atoms with Gasteiger partial charge in [-0.15, -0.1) is 0 Å². The number of esters is 1. The summed E-state index contributed by atoms with van der Waals surface area (Å²) < 4.78 is 39.1. The van der Waals surface area contributed by atoms with Crippen molar-refractivity contribution in [1.29, 1.82) is 0 Å². The number of benzene rings is 2. The molecule has 1 N–H and O–H groups in total. The van der Waals surface area contributed by atoms with Crippen LogP contribution >= 0.6 is 0 Å². The molecule has 0 aromatic heterocycles. The van der Waals surface area contributed by atoms with Crippen molar-refractivity contribution in [3.05, 3.63) is 53.6 Å². The number of carbonyl (C=O) groups is 2. The topological polar surface area (TPSA) is 108 Å². The Bertz CT molecular complexity index is 1020. The zero-order chi connectivity index (χ0) is 20.3. The van der Waals surface area contributed by atoms with E-state index < -0.39 is 28.3 Å². The molecule has 1 atom stereocenters. The molecule has 3 rings (SSSR count). The van der Waals surface area contributed by atoms with Gasteiger partial charge in [0.05, 0.1) is 16.5 Å². The van der Waals surface area contributed by atoms with Crippen LogP contribution < -0.4 is 14.8 Å². The van der Waals surface area contributed by atoms with E-state index in [1.807, 2.05) is 0 Å². The Morgan fingerprint density at radius 1 is 1.14 bits per heavy atom. The zero-order valence-corrected chi connectivity index (χ0v) is 16.1. The third-order valence-corrected chi connectivity index (χ3v) is 5.27. The number of nitrogens with one attached hydrogen (secondary N) is 1. The molecule has 0 unspecified atom stereocenters. The van der Waals surface area contributed by atoms with Crippen molar-refractivity contribution in [2.45, 2.75) is 17.9 Å². The second-order valence-electron chi connectivity index (χ2n) is 6.25. The molecule has 8 nitrogen and oxygen atoms in total. The Morgan fingerprint density at radius 2 is 1.86 bits per heavy atom. The standard InChI is InChI=1S/C19H19NO7S/c1-12(13-7-8-15-16(9-13)27-11-26-15)20-18(21)10-25-19(22)14-5-3-4-6-17(14)28(2,23)24/h3-9,12H,10-11H2,1-2H3,(H,20,21)/t12-/m1/s1. The number of amides is 1. The molecule has 0 fully saturated rings. The van der Waals surface area contributed by atoms with E-state index >= 15 is 0 Å². The van der Waals surface area contributed by atoms with Crippen molar-refractivity contribution in [1.82, 2.24) is 5.32 Å². The molecule has 0 spiro atoms. The van der Waals surface area contributed by atoms with Crippen molar-refractivity contribution in [3.63, 3.8) is 0 Å². The first-order valence-corrected chi connectivity index (χ1v) is 10.3. The van der Waals surface area contributed by atoms with Gasteiger partial charge in [0, 0.05) is 6.26 Å². The second-order valence-corrected chi connectivity index (χ2v) is 8.23. The molecule has 148 valence electrons. The van der Waals surface area contributed by atoms with E-state index in [4.69, 9.17) is 14.2 Å². The van der Waals surface area contributed by atoms with Gasteiger partial charge in [-0.1, -0.05) is 18.2 Å². The molecule has 0 bridgehead atoms. The lowest BCUT2D eigenvalue weighted by atomic mass is 10.1. The number of hydrogen-bond acceptors (Lipinski definition) is 7. The lowest BCUT2D eigenvalue weighted by Crippen LogP contribution is -2.31. The van der Waals surface area contributed by atoms with Crippen LogP contribution in [0.1, 0.15) is 28.9 Å². The Balaban J connectivity index is 1.59. The maximum atomic E-state index is 12.2. The summed E-state index contributed by atoms with van der Waals surface area (Å²) in [6.45, 7) is 1.40. The summed E-state index contributed by atoms with van der Waals surface area (Å²) in [5, 5.41) is 2.71. The smallest absolute Gasteiger partial charge is 0.339 e. The van der Waals surface area contributed by atoms with E-state index in [-0.39, 0.29) is 23.3 Å². The lowest BCUT2D eigenvalue weighted by molar-refractivity contribution is -0.124.